The van der Waals surface area contributed by atoms with Crippen LogP contribution >= 0.6 is 11.6 Å². The largest absolute Gasteiger partial charge is 0.0840 e. The highest BCUT2D eigenvalue weighted by Gasteiger charge is 2.16. The van der Waals surface area contributed by atoms with E-state index in [0.29, 0.717) is 5.92 Å². The number of hydrogen-bond acceptors (Lipinski definition) is 0. The van der Waals surface area contributed by atoms with Crippen LogP contribution < -0.4 is 0 Å². The minimum absolute atomic E-state index is 0.683. The molecule has 0 heterocycles. The third-order valence-corrected chi connectivity index (χ3v) is 5.11. The predicted octanol–water partition coefficient (Wildman–Crippen LogP) is 7.04. The Bertz CT molecular complexity index is 365. The highest BCUT2D eigenvalue weighted by Crippen LogP contribution is 2.35. The molecule has 0 atom stereocenters. The molecule has 1 heteroatoms. The Kier molecular flexibility index (Phi) is 6.93. The third kappa shape index (κ3) is 4.81. The van der Waals surface area contributed by atoms with Gasteiger partial charge in [-0.05, 0) is 42.9 Å². The number of benzene rings is 1. The van der Waals surface area contributed by atoms with Crippen LogP contribution in [0.15, 0.2) is 18.2 Å². The summed E-state index contributed by atoms with van der Waals surface area (Å²) in [7, 11) is 0. The summed E-state index contributed by atoms with van der Waals surface area (Å²) in [5, 5.41) is 0.988. The van der Waals surface area contributed by atoms with Crippen molar-refractivity contribution >= 4 is 11.6 Å². The summed E-state index contributed by atoms with van der Waals surface area (Å²) in [5.41, 5.74) is 2.82. The van der Waals surface area contributed by atoms with Gasteiger partial charge < -0.3 is 0 Å². The molecule has 1 aromatic rings. The summed E-state index contributed by atoms with van der Waals surface area (Å²) in [6, 6.07) is 6.37. The molecule has 1 fully saturated rings. The average molecular weight is 293 g/mol. The van der Waals surface area contributed by atoms with E-state index in [9.17, 15) is 0 Å². The van der Waals surface area contributed by atoms with Gasteiger partial charge in [-0.2, -0.15) is 0 Å². The first-order valence-electron chi connectivity index (χ1n) is 8.54. The molecule has 112 valence electrons. The molecule has 0 spiro atoms. The summed E-state index contributed by atoms with van der Waals surface area (Å²) in [6.07, 6.45) is 15.4. The van der Waals surface area contributed by atoms with E-state index in [4.69, 9.17) is 11.6 Å². The van der Waals surface area contributed by atoms with Crippen molar-refractivity contribution < 1.29 is 0 Å². The first kappa shape index (κ1) is 15.9. The van der Waals surface area contributed by atoms with Crippen LogP contribution in [0, 0.1) is 6.92 Å². The molecule has 0 nitrogen and oxygen atoms in total. The summed E-state index contributed by atoms with van der Waals surface area (Å²) >= 11 is 6.49. The summed E-state index contributed by atoms with van der Waals surface area (Å²) in [5.74, 6) is 0.683. The molecule has 20 heavy (non-hydrogen) atoms. The lowest BCUT2D eigenvalue weighted by atomic mass is 9.85. The van der Waals surface area contributed by atoms with E-state index in [2.05, 4.69) is 25.1 Å². The first-order chi connectivity index (χ1) is 9.79. The molecule has 1 aliphatic carbocycles. The number of hydrogen-bond donors (Lipinski definition) is 0. The highest BCUT2D eigenvalue weighted by atomic mass is 35.5. The second kappa shape index (κ2) is 8.72. The molecular formula is C19H29Cl. The Morgan fingerprint density at radius 3 is 1.80 bits per heavy atom. The lowest BCUT2D eigenvalue weighted by Gasteiger charge is -2.21. The van der Waals surface area contributed by atoms with Crippen molar-refractivity contribution in [3.8, 4) is 0 Å². The summed E-state index contributed by atoms with van der Waals surface area (Å²) in [4.78, 5) is 0. The van der Waals surface area contributed by atoms with E-state index in [1.807, 2.05) is 0 Å². The third-order valence-electron chi connectivity index (χ3n) is 4.78. The molecule has 0 aliphatic heterocycles. The molecule has 0 bridgehead atoms. The van der Waals surface area contributed by atoms with Crippen LogP contribution in [0.5, 0.6) is 0 Å². The van der Waals surface area contributed by atoms with Gasteiger partial charge in [0.05, 0.1) is 0 Å². The van der Waals surface area contributed by atoms with Crippen LogP contribution in [0.3, 0.4) is 0 Å². The van der Waals surface area contributed by atoms with E-state index >= 15 is 0 Å². The topological polar surface area (TPSA) is 0 Å². The zero-order chi connectivity index (χ0) is 14.2. The maximum atomic E-state index is 6.49. The van der Waals surface area contributed by atoms with E-state index < -0.39 is 0 Å². The molecule has 0 radical (unpaired) electrons. The standard InChI is InChI=1S/C19H29Cl/c1-16-12-11-15-18(20)19(16)17-13-9-7-5-3-2-4-6-8-10-14-17/h11-12,15,17H,2-10,13-14H2,1H3. The van der Waals surface area contributed by atoms with E-state index in [0.717, 1.165) is 5.02 Å². The van der Waals surface area contributed by atoms with Crippen molar-refractivity contribution in [1.82, 2.24) is 0 Å². The van der Waals surface area contributed by atoms with Gasteiger partial charge in [-0.25, -0.2) is 0 Å². The van der Waals surface area contributed by atoms with Crippen molar-refractivity contribution in [2.24, 2.45) is 0 Å². The van der Waals surface area contributed by atoms with Gasteiger partial charge in [0.1, 0.15) is 0 Å². The maximum absolute atomic E-state index is 6.49. The normalized spacial score (nSPS) is 20.1. The Hall–Kier alpha value is -0.490. The minimum atomic E-state index is 0.683. The lowest BCUT2D eigenvalue weighted by molar-refractivity contribution is 0.466. The number of rotatable bonds is 1. The van der Waals surface area contributed by atoms with Crippen molar-refractivity contribution in [2.75, 3.05) is 0 Å². The molecule has 1 saturated carbocycles. The number of aryl methyl sites for hydroxylation is 1. The summed E-state index contributed by atoms with van der Waals surface area (Å²) in [6.45, 7) is 2.22. The van der Waals surface area contributed by atoms with Crippen LogP contribution in [0.1, 0.15) is 87.7 Å². The van der Waals surface area contributed by atoms with Crippen LogP contribution in [0.25, 0.3) is 0 Å². The van der Waals surface area contributed by atoms with Crippen LogP contribution in [0.2, 0.25) is 5.02 Å². The molecule has 0 unspecified atom stereocenters. The van der Waals surface area contributed by atoms with Gasteiger partial charge in [-0.3, -0.25) is 0 Å². The second-order valence-electron chi connectivity index (χ2n) is 6.43. The molecule has 1 aliphatic rings. The van der Waals surface area contributed by atoms with Crippen molar-refractivity contribution in [3.05, 3.63) is 34.3 Å². The Morgan fingerprint density at radius 1 is 0.800 bits per heavy atom. The van der Waals surface area contributed by atoms with Crippen LogP contribution in [0.4, 0.5) is 0 Å². The van der Waals surface area contributed by atoms with E-state index in [1.165, 1.54) is 81.8 Å². The minimum Gasteiger partial charge on any atom is -0.0840 e. The molecule has 0 amide bonds. The zero-order valence-corrected chi connectivity index (χ0v) is 13.7. The molecule has 0 saturated heterocycles. The van der Waals surface area contributed by atoms with Crippen molar-refractivity contribution in [2.45, 2.75) is 83.5 Å². The van der Waals surface area contributed by atoms with Crippen LogP contribution in [-0.2, 0) is 0 Å². The second-order valence-corrected chi connectivity index (χ2v) is 6.83. The fraction of sp³-hybridized carbons (Fsp3) is 0.684. The summed E-state index contributed by atoms with van der Waals surface area (Å²) < 4.78 is 0. The smallest absolute Gasteiger partial charge is 0.0443 e. The Balaban J connectivity index is 2.05. The molecule has 0 aromatic heterocycles. The predicted molar refractivity (Wildman–Crippen MR) is 89.7 cm³/mol. The van der Waals surface area contributed by atoms with Crippen molar-refractivity contribution in [3.63, 3.8) is 0 Å². The van der Waals surface area contributed by atoms with Crippen molar-refractivity contribution in [1.29, 1.82) is 0 Å². The zero-order valence-electron chi connectivity index (χ0n) is 13.0. The fourth-order valence-corrected chi connectivity index (χ4v) is 3.99. The van der Waals surface area contributed by atoms with Crippen LogP contribution in [-0.4, -0.2) is 0 Å². The average Bonchev–Trinajstić information content (AvgIpc) is 2.41. The van der Waals surface area contributed by atoms with Gasteiger partial charge in [0.15, 0.2) is 0 Å². The number of halogens is 1. The molecular weight excluding hydrogens is 264 g/mol. The molecule has 2 rings (SSSR count). The van der Waals surface area contributed by atoms with Gasteiger partial charge in [-0.15, -0.1) is 0 Å². The highest BCUT2D eigenvalue weighted by molar-refractivity contribution is 6.31. The van der Waals surface area contributed by atoms with E-state index in [1.54, 1.807) is 0 Å². The first-order valence-corrected chi connectivity index (χ1v) is 8.92. The quantitative estimate of drug-likeness (QED) is 0.521. The van der Waals surface area contributed by atoms with Gasteiger partial charge in [0.2, 0.25) is 0 Å². The molecule has 1 aromatic carbocycles. The van der Waals surface area contributed by atoms with Gasteiger partial charge >= 0.3 is 0 Å². The van der Waals surface area contributed by atoms with Gasteiger partial charge in [0.25, 0.3) is 0 Å². The molecule has 0 N–H and O–H groups in total. The Labute approximate surface area is 129 Å². The van der Waals surface area contributed by atoms with E-state index in [-0.39, 0.29) is 0 Å². The van der Waals surface area contributed by atoms with Gasteiger partial charge in [0, 0.05) is 5.02 Å². The maximum Gasteiger partial charge on any atom is 0.0443 e. The SMILES string of the molecule is Cc1cccc(Cl)c1C1CCCCCCCCCCC1. The fourth-order valence-electron chi connectivity index (χ4n) is 3.61. The lowest BCUT2D eigenvalue weighted by Crippen LogP contribution is -2.03. The van der Waals surface area contributed by atoms with Gasteiger partial charge in [-0.1, -0.05) is 81.5 Å². The monoisotopic (exact) mass is 292 g/mol. The Morgan fingerprint density at radius 2 is 1.30 bits per heavy atom.